The number of nitrogens with zero attached hydrogens (tertiary/aromatic N) is 5. The fraction of sp³-hybridized carbons (Fsp3) is 0. The molecule has 0 fully saturated rings. The molecule has 5 heterocycles. The lowest BCUT2D eigenvalue weighted by molar-refractivity contribution is 1.36. The molecule has 0 saturated carbocycles. The highest BCUT2D eigenvalue weighted by Crippen LogP contribution is 2.32. The summed E-state index contributed by atoms with van der Waals surface area (Å²) >= 11 is 0. The largest absolute Gasteiger partial charge is 0.256 e. The average Bonchev–Trinajstić information content (AvgIpc) is 3.19. The van der Waals surface area contributed by atoms with Crippen molar-refractivity contribution in [2.45, 2.75) is 0 Å². The molecule has 0 atom stereocenters. The van der Waals surface area contributed by atoms with Crippen LogP contribution in [0.4, 0.5) is 0 Å². The maximum Gasteiger partial charge on any atom is 0.0972 e. The van der Waals surface area contributed by atoms with E-state index in [1.165, 1.54) is 0 Å². The third-order valence-corrected chi connectivity index (χ3v) is 9.53. The van der Waals surface area contributed by atoms with E-state index in [2.05, 4.69) is 149 Å². The topological polar surface area (TPSA) is 64.5 Å². The molecule has 232 valence electrons. The summed E-state index contributed by atoms with van der Waals surface area (Å²) in [6.07, 6.45) is 3.66. The fourth-order valence-corrected chi connectivity index (χ4v) is 6.91. The molecule has 0 bridgehead atoms. The summed E-state index contributed by atoms with van der Waals surface area (Å²) in [5, 5.41) is 5.46. The van der Waals surface area contributed by atoms with Gasteiger partial charge in [0.15, 0.2) is 0 Å². The first-order chi connectivity index (χ1) is 24.7. The monoisotopic (exact) mass is 637 g/mol. The van der Waals surface area contributed by atoms with Crippen LogP contribution < -0.4 is 0 Å². The number of pyridine rings is 5. The molecule has 0 aliphatic rings. The van der Waals surface area contributed by atoms with E-state index in [0.29, 0.717) is 0 Å². The van der Waals surface area contributed by atoms with E-state index in [9.17, 15) is 0 Å². The third kappa shape index (κ3) is 4.83. The predicted octanol–water partition coefficient (Wildman–Crippen LogP) is 11.1. The van der Waals surface area contributed by atoms with E-state index >= 15 is 0 Å². The molecule has 50 heavy (non-hydrogen) atoms. The minimum Gasteiger partial charge on any atom is -0.256 e. The van der Waals surface area contributed by atoms with Crippen molar-refractivity contribution in [1.29, 1.82) is 0 Å². The van der Waals surface area contributed by atoms with Crippen LogP contribution in [0.25, 0.3) is 99.4 Å². The van der Waals surface area contributed by atoms with Gasteiger partial charge in [0.1, 0.15) is 0 Å². The Morgan fingerprint density at radius 2 is 0.800 bits per heavy atom. The lowest BCUT2D eigenvalue weighted by Gasteiger charge is -2.09. The molecule has 5 aromatic carbocycles. The van der Waals surface area contributed by atoms with Gasteiger partial charge in [-0.3, -0.25) is 9.97 Å². The molecular formula is C45H27N5. The fourth-order valence-electron chi connectivity index (χ4n) is 6.91. The lowest BCUT2D eigenvalue weighted by Crippen LogP contribution is -1.90. The van der Waals surface area contributed by atoms with Crippen molar-refractivity contribution in [3.05, 3.63) is 164 Å². The quantitative estimate of drug-likeness (QED) is 0.180. The van der Waals surface area contributed by atoms with Crippen molar-refractivity contribution in [3.8, 4) is 44.9 Å². The number of fused-ring (bicyclic) bond motifs is 6. The van der Waals surface area contributed by atoms with Crippen LogP contribution in [0.3, 0.4) is 0 Å². The van der Waals surface area contributed by atoms with Crippen molar-refractivity contribution in [2.24, 2.45) is 0 Å². The Morgan fingerprint density at radius 3 is 1.58 bits per heavy atom. The van der Waals surface area contributed by atoms with Gasteiger partial charge in [0, 0.05) is 56.0 Å². The Kier molecular flexibility index (Phi) is 6.42. The molecule has 0 aliphatic carbocycles. The van der Waals surface area contributed by atoms with Gasteiger partial charge >= 0.3 is 0 Å². The molecular weight excluding hydrogens is 611 g/mol. The van der Waals surface area contributed by atoms with Crippen molar-refractivity contribution >= 4 is 54.5 Å². The second-order valence-corrected chi connectivity index (χ2v) is 12.6. The van der Waals surface area contributed by atoms with Gasteiger partial charge in [-0.2, -0.15) is 0 Å². The molecule has 0 amide bonds. The molecule has 10 rings (SSSR count). The molecule has 0 unspecified atom stereocenters. The number of aromatic nitrogens is 5. The van der Waals surface area contributed by atoms with Crippen LogP contribution in [-0.2, 0) is 0 Å². The highest BCUT2D eigenvalue weighted by atomic mass is 14.8. The van der Waals surface area contributed by atoms with Gasteiger partial charge in [0.05, 0.1) is 44.7 Å². The zero-order valence-corrected chi connectivity index (χ0v) is 26.8. The third-order valence-electron chi connectivity index (χ3n) is 9.53. The number of hydrogen-bond donors (Lipinski definition) is 0. The lowest BCUT2D eigenvalue weighted by atomic mass is 10.00. The number of benzene rings is 5. The second kappa shape index (κ2) is 11.4. The summed E-state index contributed by atoms with van der Waals surface area (Å²) in [4.78, 5) is 24.5. The predicted molar refractivity (Wildman–Crippen MR) is 205 cm³/mol. The zero-order chi connectivity index (χ0) is 33.0. The molecule has 0 radical (unpaired) electrons. The minimum absolute atomic E-state index is 0.906. The smallest absolute Gasteiger partial charge is 0.0972 e. The van der Waals surface area contributed by atoms with Crippen LogP contribution in [0.1, 0.15) is 0 Å². The first-order valence-electron chi connectivity index (χ1n) is 16.7. The van der Waals surface area contributed by atoms with E-state index < -0.39 is 0 Å². The van der Waals surface area contributed by atoms with Crippen molar-refractivity contribution in [3.63, 3.8) is 0 Å². The molecule has 0 N–H and O–H groups in total. The van der Waals surface area contributed by atoms with Gasteiger partial charge in [-0.05, 0) is 53.6 Å². The number of hydrogen-bond acceptors (Lipinski definition) is 5. The van der Waals surface area contributed by atoms with E-state index in [4.69, 9.17) is 15.0 Å². The van der Waals surface area contributed by atoms with Crippen LogP contribution in [-0.4, -0.2) is 24.9 Å². The van der Waals surface area contributed by atoms with Crippen LogP contribution >= 0.6 is 0 Å². The van der Waals surface area contributed by atoms with Gasteiger partial charge in [-0.15, -0.1) is 0 Å². The summed E-state index contributed by atoms with van der Waals surface area (Å²) in [7, 11) is 0. The van der Waals surface area contributed by atoms with Crippen LogP contribution in [0.5, 0.6) is 0 Å². The normalized spacial score (nSPS) is 11.6. The van der Waals surface area contributed by atoms with Crippen LogP contribution in [0.15, 0.2) is 164 Å². The maximum absolute atomic E-state index is 5.13. The number of para-hydroxylation sites is 1. The van der Waals surface area contributed by atoms with Crippen molar-refractivity contribution < 1.29 is 0 Å². The van der Waals surface area contributed by atoms with E-state index in [-0.39, 0.29) is 0 Å². The Bertz CT molecular complexity index is 2930. The highest BCUT2D eigenvalue weighted by Gasteiger charge is 2.11. The molecule has 5 nitrogen and oxygen atoms in total. The summed E-state index contributed by atoms with van der Waals surface area (Å²) in [5.41, 5.74) is 12.8. The highest BCUT2D eigenvalue weighted by molar-refractivity contribution is 6.03. The van der Waals surface area contributed by atoms with E-state index in [0.717, 1.165) is 99.4 Å². The summed E-state index contributed by atoms with van der Waals surface area (Å²) < 4.78 is 0. The van der Waals surface area contributed by atoms with Crippen LogP contribution in [0.2, 0.25) is 0 Å². The molecule has 5 heteroatoms. The first kappa shape index (κ1) is 28.2. The Morgan fingerprint density at radius 1 is 0.300 bits per heavy atom. The SMILES string of the molecule is c1cnc2c(-c3ccc4ccc(-c5ccc6ccc(-c7ccc(-c8ccc9ccc%10cccnc%10c9n8)cc7)cc6n5)cc4n3)cccc2c1. The van der Waals surface area contributed by atoms with Crippen molar-refractivity contribution in [2.75, 3.05) is 0 Å². The Labute approximate surface area is 287 Å². The molecule has 10 aromatic rings. The average molecular weight is 638 g/mol. The van der Waals surface area contributed by atoms with Crippen LogP contribution in [0, 0.1) is 0 Å². The summed E-state index contributed by atoms with van der Waals surface area (Å²) in [5.74, 6) is 0. The van der Waals surface area contributed by atoms with E-state index in [1.807, 2.05) is 24.5 Å². The van der Waals surface area contributed by atoms with E-state index in [1.54, 1.807) is 0 Å². The minimum atomic E-state index is 0.906. The molecule has 0 aliphatic heterocycles. The maximum atomic E-state index is 5.13. The summed E-state index contributed by atoms with van der Waals surface area (Å²) in [6.45, 7) is 0. The Hall–Kier alpha value is -6.85. The van der Waals surface area contributed by atoms with Gasteiger partial charge in [0.25, 0.3) is 0 Å². The number of rotatable bonds is 4. The summed E-state index contributed by atoms with van der Waals surface area (Å²) in [6, 6.07) is 52.6. The van der Waals surface area contributed by atoms with Gasteiger partial charge < -0.3 is 0 Å². The van der Waals surface area contributed by atoms with Gasteiger partial charge in [-0.1, -0.05) is 109 Å². The second-order valence-electron chi connectivity index (χ2n) is 12.6. The van der Waals surface area contributed by atoms with Gasteiger partial charge in [0.2, 0.25) is 0 Å². The Balaban J connectivity index is 0.976. The molecule has 5 aromatic heterocycles. The van der Waals surface area contributed by atoms with Crippen molar-refractivity contribution in [1.82, 2.24) is 24.9 Å². The molecule has 0 spiro atoms. The first-order valence-corrected chi connectivity index (χ1v) is 16.7. The molecule has 0 saturated heterocycles. The van der Waals surface area contributed by atoms with Gasteiger partial charge in [-0.25, -0.2) is 15.0 Å². The standard InChI is InChI=1S/C45H27N5/c1-4-32-5-2-24-46-43(32)37(7-1)40-23-19-31-13-17-36(27-42(31)49-40)39-21-18-30-12-16-35(26-41(30)48-39)28-8-10-29(11-9-28)38-22-20-34-15-14-33-6-3-25-47-44(33)45(34)50-38/h1-27H. The zero-order valence-electron chi connectivity index (χ0n) is 26.8.